The van der Waals surface area contributed by atoms with Crippen LogP contribution in [0.2, 0.25) is 0 Å². The number of sulfonamides is 1. The van der Waals surface area contributed by atoms with Gasteiger partial charge in [0.25, 0.3) is 21.8 Å². The highest BCUT2D eigenvalue weighted by Crippen LogP contribution is 2.36. The molecule has 7 heteroatoms. The lowest BCUT2D eigenvalue weighted by Crippen LogP contribution is -2.32. The Bertz CT molecular complexity index is 1100. The number of nitrogens with zero attached hydrogens (tertiary/aromatic N) is 1. The van der Waals surface area contributed by atoms with E-state index in [1.54, 1.807) is 36.4 Å². The van der Waals surface area contributed by atoms with Gasteiger partial charge < -0.3 is 5.32 Å². The van der Waals surface area contributed by atoms with E-state index in [4.69, 9.17) is 0 Å². The van der Waals surface area contributed by atoms with Crippen LogP contribution < -0.4 is 5.32 Å². The quantitative estimate of drug-likeness (QED) is 0.765. The van der Waals surface area contributed by atoms with Gasteiger partial charge in [-0.25, -0.2) is 12.7 Å². The van der Waals surface area contributed by atoms with E-state index in [0.717, 1.165) is 16.3 Å². The maximum absolute atomic E-state index is 13.1. The number of amides is 2. The van der Waals surface area contributed by atoms with Crippen molar-refractivity contribution in [1.82, 2.24) is 9.62 Å². The van der Waals surface area contributed by atoms with Crippen molar-refractivity contribution >= 4 is 26.7 Å². The molecule has 0 aromatic heterocycles. The van der Waals surface area contributed by atoms with Crippen LogP contribution in [0, 0.1) is 6.92 Å². The Morgan fingerprint density at radius 3 is 2.20 bits per heavy atom. The highest BCUT2D eigenvalue weighted by Gasteiger charge is 2.42. The molecule has 0 saturated heterocycles. The Hall–Kier alpha value is -2.93. The van der Waals surface area contributed by atoms with Gasteiger partial charge in [-0.15, -0.1) is 0 Å². The predicted octanol–water partition coefficient (Wildman–Crippen LogP) is 3.63. The van der Waals surface area contributed by atoms with Gasteiger partial charge in [-0.2, -0.15) is 0 Å². The number of hydrogen-bond donors (Lipinski definition) is 1. The summed E-state index contributed by atoms with van der Waals surface area (Å²) in [4.78, 5) is 25.0. The molecule has 1 aliphatic heterocycles. The molecule has 2 aromatic rings. The summed E-state index contributed by atoms with van der Waals surface area (Å²) >= 11 is 0. The molecule has 1 N–H and O–H groups in total. The van der Waals surface area contributed by atoms with Gasteiger partial charge in [-0.1, -0.05) is 48.9 Å². The first-order chi connectivity index (χ1) is 14.1. The van der Waals surface area contributed by atoms with Crippen molar-refractivity contribution in [3.05, 3.63) is 76.4 Å². The van der Waals surface area contributed by atoms with Crippen LogP contribution in [0.15, 0.2) is 54.1 Å². The summed E-state index contributed by atoms with van der Waals surface area (Å²) in [6.07, 6.45) is 0.828. The van der Waals surface area contributed by atoms with Crippen LogP contribution in [-0.4, -0.2) is 30.6 Å². The number of aryl methyl sites for hydroxylation is 1. The van der Waals surface area contributed by atoms with Gasteiger partial charge in [0, 0.05) is 17.2 Å². The molecule has 0 spiro atoms. The van der Waals surface area contributed by atoms with Crippen molar-refractivity contribution < 1.29 is 18.0 Å². The molecule has 1 aliphatic rings. The SMILES string of the molecule is CCC(C)NC(=O)c1ccc(CN2C(=O)C(C)=C(c3ccc(C)cc3)S2(=O)=O)cc1. The molecule has 1 atom stereocenters. The lowest BCUT2D eigenvalue weighted by Gasteiger charge is -2.17. The zero-order chi connectivity index (χ0) is 22.1. The van der Waals surface area contributed by atoms with Crippen molar-refractivity contribution in [2.24, 2.45) is 0 Å². The molecule has 2 aromatic carbocycles. The molecule has 1 unspecified atom stereocenters. The predicted molar refractivity (Wildman–Crippen MR) is 117 cm³/mol. The molecule has 0 radical (unpaired) electrons. The first kappa shape index (κ1) is 21.8. The van der Waals surface area contributed by atoms with E-state index in [1.807, 2.05) is 32.9 Å². The number of nitrogens with one attached hydrogen (secondary N) is 1. The van der Waals surface area contributed by atoms with E-state index in [9.17, 15) is 18.0 Å². The Balaban J connectivity index is 1.82. The third-order valence-electron chi connectivity index (χ3n) is 5.28. The van der Waals surface area contributed by atoms with Crippen molar-refractivity contribution in [2.45, 2.75) is 46.7 Å². The van der Waals surface area contributed by atoms with Crippen LogP contribution in [0.25, 0.3) is 4.91 Å². The van der Waals surface area contributed by atoms with E-state index in [0.29, 0.717) is 16.7 Å². The van der Waals surface area contributed by atoms with Gasteiger partial charge in [-0.05, 0) is 50.5 Å². The smallest absolute Gasteiger partial charge is 0.268 e. The molecule has 0 bridgehead atoms. The lowest BCUT2D eigenvalue weighted by atomic mass is 10.1. The van der Waals surface area contributed by atoms with Crippen molar-refractivity contribution in [3.8, 4) is 0 Å². The number of carbonyl (C=O) groups is 2. The first-order valence-corrected chi connectivity index (χ1v) is 11.3. The minimum atomic E-state index is -3.95. The maximum atomic E-state index is 13.1. The van der Waals surface area contributed by atoms with E-state index in [1.165, 1.54) is 6.92 Å². The Kier molecular flexibility index (Phi) is 6.12. The van der Waals surface area contributed by atoms with Gasteiger partial charge in [0.05, 0.1) is 6.54 Å². The van der Waals surface area contributed by atoms with Crippen LogP contribution in [0.5, 0.6) is 0 Å². The molecule has 0 fully saturated rings. The third kappa shape index (κ3) is 4.16. The summed E-state index contributed by atoms with van der Waals surface area (Å²) in [5.41, 5.74) is 2.84. The van der Waals surface area contributed by atoms with Crippen LogP contribution in [0.1, 0.15) is 54.2 Å². The molecule has 0 saturated carbocycles. The third-order valence-corrected chi connectivity index (χ3v) is 7.21. The zero-order valence-electron chi connectivity index (χ0n) is 17.6. The maximum Gasteiger partial charge on any atom is 0.268 e. The minimum Gasteiger partial charge on any atom is -0.350 e. The normalized spacial score (nSPS) is 16.7. The molecule has 6 nitrogen and oxygen atoms in total. The number of rotatable bonds is 6. The van der Waals surface area contributed by atoms with Crippen molar-refractivity contribution in [3.63, 3.8) is 0 Å². The molecular weight excluding hydrogens is 400 g/mol. The van der Waals surface area contributed by atoms with Crippen LogP contribution in [0.4, 0.5) is 0 Å². The standard InChI is InChI=1S/C23H26N2O4S/c1-5-16(3)24-22(26)20-12-8-18(9-13-20)14-25-23(27)17(4)21(30(25,28)29)19-10-6-15(2)7-11-19/h6-13,16H,5,14H2,1-4H3,(H,24,26). The Labute approximate surface area is 177 Å². The number of hydrogen-bond acceptors (Lipinski definition) is 4. The molecule has 2 amide bonds. The second-order valence-corrected chi connectivity index (χ2v) is 9.42. The van der Waals surface area contributed by atoms with E-state index in [2.05, 4.69) is 5.32 Å². The monoisotopic (exact) mass is 426 g/mol. The summed E-state index contributed by atoms with van der Waals surface area (Å²) < 4.78 is 27.1. The summed E-state index contributed by atoms with van der Waals surface area (Å²) in [6.45, 7) is 7.29. The fourth-order valence-corrected chi connectivity index (χ4v) is 5.06. The molecule has 0 aliphatic carbocycles. The molecule has 1 heterocycles. The summed E-state index contributed by atoms with van der Waals surface area (Å²) in [7, 11) is -3.95. The zero-order valence-corrected chi connectivity index (χ0v) is 18.4. The summed E-state index contributed by atoms with van der Waals surface area (Å²) in [6, 6.07) is 13.8. The summed E-state index contributed by atoms with van der Waals surface area (Å²) in [5.74, 6) is -0.705. The van der Waals surface area contributed by atoms with Crippen molar-refractivity contribution in [1.29, 1.82) is 0 Å². The molecular formula is C23H26N2O4S. The fourth-order valence-electron chi connectivity index (χ4n) is 3.26. The minimum absolute atomic E-state index is 0.0528. The topological polar surface area (TPSA) is 83.6 Å². The highest BCUT2D eigenvalue weighted by atomic mass is 32.2. The molecule has 3 rings (SSSR count). The largest absolute Gasteiger partial charge is 0.350 e. The average molecular weight is 427 g/mol. The van der Waals surface area contributed by atoms with Crippen LogP contribution in [-0.2, 0) is 21.4 Å². The van der Waals surface area contributed by atoms with Gasteiger partial charge in [0.2, 0.25) is 0 Å². The lowest BCUT2D eigenvalue weighted by molar-refractivity contribution is -0.122. The van der Waals surface area contributed by atoms with E-state index >= 15 is 0 Å². The first-order valence-electron chi connectivity index (χ1n) is 9.90. The van der Waals surface area contributed by atoms with Crippen molar-refractivity contribution in [2.75, 3.05) is 0 Å². The Morgan fingerprint density at radius 1 is 1.03 bits per heavy atom. The van der Waals surface area contributed by atoms with Gasteiger partial charge >= 0.3 is 0 Å². The number of carbonyl (C=O) groups excluding carboxylic acids is 2. The fraction of sp³-hybridized carbons (Fsp3) is 0.304. The number of benzene rings is 2. The van der Waals surface area contributed by atoms with E-state index in [-0.39, 0.29) is 29.0 Å². The van der Waals surface area contributed by atoms with Gasteiger partial charge in [0.15, 0.2) is 0 Å². The van der Waals surface area contributed by atoms with Gasteiger partial charge in [0.1, 0.15) is 4.91 Å². The molecule has 30 heavy (non-hydrogen) atoms. The van der Waals surface area contributed by atoms with Gasteiger partial charge in [-0.3, -0.25) is 9.59 Å². The Morgan fingerprint density at radius 2 is 1.63 bits per heavy atom. The van der Waals surface area contributed by atoms with Crippen LogP contribution in [0.3, 0.4) is 0 Å². The highest BCUT2D eigenvalue weighted by molar-refractivity contribution is 7.99. The summed E-state index contributed by atoms with van der Waals surface area (Å²) in [5, 5.41) is 2.89. The van der Waals surface area contributed by atoms with Crippen LogP contribution >= 0.6 is 0 Å². The van der Waals surface area contributed by atoms with E-state index < -0.39 is 15.9 Å². The second kappa shape index (κ2) is 8.44. The average Bonchev–Trinajstić information content (AvgIpc) is 2.88. The molecule has 158 valence electrons. The second-order valence-electron chi connectivity index (χ2n) is 7.62.